The lowest BCUT2D eigenvalue weighted by Gasteiger charge is -2.23. The molecular weight excluding hydrogens is 384 g/mol. The van der Waals surface area contributed by atoms with E-state index in [0.717, 1.165) is 12.1 Å². The molecule has 1 fully saturated rings. The topological polar surface area (TPSA) is 126 Å². The van der Waals surface area contributed by atoms with Crippen LogP contribution in [0.25, 0.3) is 5.69 Å². The molecule has 1 heterocycles. The van der Waals surface area contributed by atoms with Gasteiger partial charge in [-0.25, -0.2) is 0 Å². The van der Waals surface area contributed by atoms with Gasteiger partial charge in [-0.2, -0.15) is 0 Å². The first-order valence-corrected chi connectivity index (χ1v) is 10.3. The summed E-state index contributed by atoms with van der Waals surface area (Å²) in [5.74, 6) is -2.21. The van der Waals surface area contributed by atoms with Crippen LogP contribution in [0.5, 0.6) is 0 Å². The number of carboxylic acid groups (broad SMARTS) is 1. The highest BCUT2D eigenvalue weighted by atomic mass is 16.4. The summed E-state index contributed by atoms with van der Waals surface area (Å²) < 4.78 is 1.89. The Hall–Kier alpha value is -3.13. The van der Waals surface area contributed by atoms with Gasteiger partial charge in [-0.3, -0.25) is 14.4 Å². The van der Waals surface area contributed by atoms with Gasteiger partial charge >= 0.3 is 5.97 Å². The van der Waals surface area contributed by atoms with Crippen molar-refractivity contribution in [3.8, 4) is 5.69 Å². The molecule has 30 heavy (non-hydrogen) atoms. The highest BCUT2D eigenvalue weighted by Gasteiger charge is 2.35. The number of amides is 2. The van der Waals surface area contributed by atoms with Crippen molar-refractivity contribution >= 4 is 17.8 Å². The van der Waals surface area contributed by atoms with E-state index >= 15 is 0 Å². The largest absolute Gasteiger partial charge is 0.481 e. The van der Waals surface area contributed by atoms with Gasteiger partial charge in [0, 0.05) is 29.7 Å². The Bertz CT molecular complexity index is 881. The summed E-state index contributed by atoms with van der Waals surface area (Å²) in [7, 11) is 0. The highest BCUT2D eigenvalue weighted by Crippen LogP contribution is 2.26. The number of hydrogen-bond acceptors (Lipinski definition) is 4. The number of hydrogen-bond donors (Lipinski definition) is 4. The molecular formula is C22H28N4O4. The normalized spacial score (nSPS) is 19.2. The molecule has 1 aromatic heterocycles. The third kappa shape index (κ3) is 5.27. The van der Waals surface area contributed by atoms with Crippen molar-refractivity contribution < 1.29 is 19.5 Å². The van der Waals surface area contributed by atoms with Gasteiger partial charge in [-0.05, 0) is 62.6 Å². The summed E-state index contributed by atoms with van der Waals surface area (Å²) in [4.78, 5) is 37.0. The van der Waals surface area contributed by atoms with E-state index in [2.05, 4.69) is 10.6 Å². The minimum atomic E-state index is -0.901. The van der Waals surface area contributed by atoms with E-state index in [-0.39, 0.29) is 11.8 Å². The van der Waals surface area contributed by atoms with Gasteiger partial charge in [0.05, 0.1) is 5.92 Å². The third-order valence-electron chi connectivity index (χ3n) is 5.49. The zero-order valence-electron chi connectivity index (χ0n) is 16.8. The fourth-order valence-corrected chi connectivity index (χ4v) is 3.86. The molecule has 5 N–H and O–H groups in total. The van der Waals surface area contributed by atoms with Gasteiger partial charge < -0.3 is 26.0 Å². The molecule has 0 radical (unpaired) electrons. The molecule has 0 saturated heterocycles. The highest BCUT2D eigenvalue weighted by molar-refractivity contribution is 5.98. The molecule has 8 heteroatoms. The number of carboxylic acids is 1. The monoisotopic (exact) mass is 412 g/mol. The lowest BCUT2D eigenvalue weighted by atomic mass is 10.0. The van der Waals surface area contributed by atoms with E-state index in [0.29, 0.717) is 37.8 Å². The molecule has 0 aliphatic heterocycles. The molecule has 2 unspecified atom stereocenters. The van der Waals surface area contributed by atoms with Gasteiger partial charge in [0.1, 0.15) is 6.04 Å². The van der Waals surface area contributed by atoms with Gasteiger partial charge in [0.15, 0.2) is 0 Å². The second kappa shape index (κ2) is 10.1. The van der Waals surface area contributed by atoms with E-state index in [4.69, 9.17) is 5.73 Å². The van der Waals surface area contributed by atoms with Crippen LogP contribution in [0.15, 0.2) is 48.8 Å². The molecule has 0 bridgehead atoms. The van der Waals surface area contributed by atoms with Crippen molar-refractivity contribution in [2.45, 2.75) is 44.2 Å². The summed E-state index contributed by atoms with van der Waals surface area (Å²) >= 11 is 0. The number of rotatable bonds is 9. The van der Waals surface area contributed by atoms with Crippen molar-refractivity contribution in [2.24, 2.45) is 11.7 Å². The maximum absolute atomic E-state index is 12.8. The minimum Gasteiger partial charge on any atom is -0.481 e. The Morgan fingerprint density at radius 2 is 1.93 bits per heavy atom. The molecule has 1 aliphatic carbocycles. The number of aliphatic carboxylic acids is 1. The first kappa shape index (κ1) is 21.6. The zero-order valence-corrected chi connectivity index (χ0v) is 16.8. The number of benzene rings is 1. The summed E-state index contributed by atoms with van der Waals surface area (Å²) in [6.07, 6.45) is 6.65. The number of carbonyl (C=O) groups excluding carboxylic acids is 2. The van der Waals surface area contributed by atoms with E-state index in [1.165, 1.54) is 0 Å². The molecule has 1 aliphatic rings. The zero-order chi connectivity index (χ0) is 21.5. The molecule has 2 amide bonds. The molecule has 8 nitrogen and oxygen atoms in total. The molecule has 3 atom stereocenters. The van der Waals surface area contributed by atoms with Crippen LogP contribution in [0, 0.1) is 5.92 Å². The Morgan fingerprint density at radius 1 is 1.17 bits per heavy atom. The van der Waals surface area contributed by atoms with Gasteiger partial charge in [-0.15, -0.1) is 0 Å². The molecule has 160 valence electrons. The van der Waals surface area contributed by atoms with Crippen molar-refractivity contribution in [1.29, 1.82) is 0 Å². The van der Waals surface area contributed by atoms with Crippen LogP contribution in [0.4, 0.5) is 0 Å². The first-order valence-electron chi connectivity index (χ1n) is 10.3. The van der Waals surface area contributed by atoms with Crippen LogP contribution in [0.3, 0.4) is 0 Å². The van der Waals surface area contributed by atoms with E-state index in [9.17, 15) is 19.5 Å². The van der Waals surface area contributed by atoms with Crippen molar-refractivity contribution in [2.75, 3.05) is 6.54 Å². The van der Waals surface area contributed by atoms with Crippen LogP contribution in [-0.4, -0.2) is 46.1 Å². The molecule has 0 spiro atoms. The Kier molecular flexibility index (Phi) is 7.24. The van der Waals surface area contributed by atoms with Crippen LogP contribution in [0.2, 0.25) is 0 Å². The minimum absolute atomic E-state index is 0.359. The maximum atomic E-state index is 12.8. The number of nitrogens with two attached hydrogens (primary N) is 1. The number of aromatic nitrogens is 1. The smallest absolute Gasteiger partial charge is 0.308 e. The Balaban J connectivity index is 1.69. The standard InChI is InChI=1S/C22H28N4O4/c23-11-5-10-19(21(28)24-18-9-4-8-17(18)22(29)30)25-20(27)15-6-3-7-16(14-15)26-12-1-2-13-26/h1-3,6-7,12-14,17-19H,4-5,8-11,23H2,(H,24,28)(H,25,27)(H,29,30)/t17?,18-,19?/m0/s1. The Labute approximate surface area is 175 Å². The second-order valence-electron chi connectivity index (χ2n) is 7.59. The lowest BCUT2D eigenvalue weighted by molar-refractivity contribution is -0.142. The van der Waals surface area contributed by atoms with Crippen molar-refractivity contribution in [1.82, 2.24) is 15.2 Å². The maximum Gasteiger partial charge on any atom is 0.308 e. The second-order valence-corrected chi connectivity index (χ2v) is 7.59. The predicted molar refractivity (Wildman–Crippen MR) is 112 cm³/mol. The average Bonchev–Trinajstić information content (AvgIpc) is 3.43. The number of nitrogens with one attached hydrogen (secondary N) is 2. The number of nitrogens with zero attached hydrogens (tertiary/aromatic N) is 1. The molecule has 1 saturated carbocycles. The first-order chi connectivity index (χ1) is 14.5. The van der Waals surface area contributed by atoms with E-state index in [1.54, 1.807) is 18.2 Å². The fraction of sp³-hybridized carbons (Fsp3) is 0.409. The Morgan fingerprint density at radius 3 is 2.63 bits per heavy atom. The average molecular weight is 412 g/mol. The van der Waals surface area contributed by atoms with Crippen LogP contribution >= 0.6 is 0 Å². The van der Waals surface area contributed by atoms with E-state index in [1.807, 2.05) is 35.2 Å². The van der Waals surface area contributed by atoms with Crippen molar-refractivity contribution in [3.63, 3.8) is 0 Å². The van der Waals surface area contributed by atoms with Gasteiger partial charge in [-0.1, -0.05) is 12.5 Å². The van der Waals surface area contributed by atoms with Crippen LogP contribution in [-0.2, 0) is 9.59 Å². The van der Waals surface area contributed by atoms with Crippen molar-refractivity contribution in [3.05, 3.63) is 54.4 Å². The third-order valence-corrected chi connectivity index (χ3v) is 5.49. The predicted octanol–water partition coefficient (Wildman–Crippen LogP) is 1.68. The summed E-state index contributed by atoms with van der Waals surface area (Å²) in [6, 6.07) is 9.73. The number of carbonyl (C=O) groups is 3. The lowest BCUT2D eigenvalue weighted by Crippen LogP contribution is -2.51. The SMILES string of the molecule is NCCCC(NC(=O)c1cccc(-n2cccc2)c1)C(=O)N[C@H]1CCCC1C(=O)O. The molecule has 3 rings (SSSR count). The summed E-state index contributed by atoms with van der Waals surface area (Å²) in [6.45, 7) is 0.393. The van der Waals surface area contributed by atoms with Crippen LogP contribution in [0.1, 0.15) is 42.5 Å². The quantitative estimate of drug-likeness (QED) is 0.498. The summed E-state index contributed by atoms with van der Waals surface area (Å²) in [5, 5.41) is 15.0. The fourth-order valence-electron chi connectivity index (χ4n) is 3.86. The summed E-state index contributed by atoms with van der Waals surface area (Å²) in [5.41, 5.74) is 6.87. The van der Waals surface area contributed by atoms with Gasteiger partial charge in [0.25, 0.3) is 5.91 Å². The molecule has 2 aromatic rings. The van der Waals surface area contributed by atoms with Crippen LogP contribution < -0.4 is 16.4 Å². The molecule has 1 aromatic carbocycles. The van der Waals surface area contributed by atoms with E-state index < -0.39 is 24.0 Å². The van der Waals surface area contributed by atoms with Gasteiger partial charge in [0.2, 0.25) is 5.91 Å².